The van der Waals surface area contributed by atoms with Gasteiger partial charge >= 0.3 is 0 Å². The van der Waals surface area contributed by atoms with E-state index in [4.69, 9.17) is 0 Å². The van der Waals surface area contributed by atoms with E-state index in [0.717, 1.165) is 26.1 Å². The third-order valence-electron chi connectivity index (χ3n) is 3.84. The van der Waals surface area contributed by atoms with Crippen molar-refractivity contribution in [2.75, 3.05) is 24.5 Å². The molecule has 1 N–H and O–H groups in total. The largest absolute Gasteiger partial charge is 0.363 e. The first-order chi connectivity index (χ1) is 9.84. The van der Waals surface area contributed by atoms with Crippen LogP contribution in [0.15, 0.2) is 54.6 Å². The first-order valence-electron chi connectivity index (χ1n) is 7.12. The van der Waals surface area contributed by atoms with Crippen LogP contribution in [0.5, 0.6) is 0 Å². The molecule has 0 aromatic heterocycles. The van der Waals surface area contributed by atoms with E-state index >= 15 is 0 Å². The first kappa shape index (κ1) is 13.1. The third kappa shape index (κ3) is 2.83. The molecule has 0 saturated carbocycles. The summed E-state index contributed by atoms with van der Waals surface area (Å²) in [5.74, 6) is -0.174. The lowest BCUT2D eigenvalue weighted by Crippen LogP contribution is -2.30. The van der Waals surface area contributed by atoms with Crippen LogP contribution in [0, 0.1) is 5.82 Å². The maximum Gasteiger partial charge on any atom is 0.123 e. The number of nitrogens with one attached hydrogen (secondary N) is 1. The molecule has 2 aromatic rings. The average molecular weight is 270 g/mol. The second-order valence-electron chi connectivity index (χ2n) is 5.13. The molecular weight excluding hydrogens is 251 g/mol. The number of rotatable bonds is 2. The predicted molar refractivity (Wildman–Crippen MR) is 80.4 cm³/mol. The van der Waals surface area contributed by atoms with E-state index in [2.05, 4.69) is 34.5 Å². The van der Waals surface area contributed by atoms with Crippen LogP contribution < -0.4 is 10.2 Å². The lowest BCUT2D eigenvalue weighted by Gasteiger charge is -2.32. The molecule has 1 atom stereocenters. The van der Waals surface area contributed by atoms with Crippen LogP contribution in [0.3, 0.4) is 0 Å². The Hall–Kier alpha value is -1.87. The van der Waals surface area contributed by atoms with E-state index in [-0.39, 0.29) is 5.82 Å². The number of halogens is 1. The van der Waals surface area contributed by atoms with Crippen LogP contribution in [0.1, 0.15) is 18.0 Å². The van der Waals surface area contributed by atoms with Gasteiger partial charge in [-0.25, -0.2) is 4.39 Å². The van der Waals surface area contributed by atoms with Crippen molar-refractivity contribution in [2.45, 2.75) is 12.5 Å². The Labute approximate surface area is 119 Å². The summed E-state index contributed by atoms with van der Waals surface area (Å²) < 4.78 is 13.1. The third-order valence-corrected chi connectivity index (χ3v) is 3.84. The minimum atomic E-state index is -0.174. The van der Waals surface area contributed by atoms with Crippen LogP contribution in [0.2, 0.25) is 0 Å². The van der Waals surface area contributed by atoms with E-state index < -0.39 is 0 Å². The molecule has 20 heavy (non-hydrogen) atoms. The lowest BCUT2D eigenvalue weighted by molar-refractivity contribution is 0.605. The van der Waals surface area contributed by atoms with Crippen molar-refractivity contribution in [1.82, 2.24) is 5.32 Å². The second kappa shape index (κ2) is 6.06. The summed E-state index contributed by atoms with van der Waals surface area (Å²) in [4.78, 5) is 2.41. The molecule has 1 unspecified atom stereocenters. The Morgan fingerprint density at radius 3 is 2.45 bits per heavy atom. The van der Waals surface area contributed by atoms with E-state index in [1.807, 2.05) is 18.2 Å². The number of anilines is 1. The van der Waals surface area contributed by atoms with E-state index in [9.17, 15) is 4.39 Å². The van der Waals surface area contributed by atoms with Gasteiger partial charge in [-0.3, -0.25) is 0 Å². The van der Waals surface area contributed by atoms with Gasteiger partial charge in [0.2, 0.25) is 0 Å². The summed E-state index contributed by atoms with van der Waals surface area (Å²) in [7, 11) is 0. The van der Waals surface area contributed by atoms with Crippen molar-refractivity contribution in [1.29, 1.82) is 0 Å². The molecular formula is C17H19FN2. The summed E-state index contributed by atoms with van der Waals surface area (Å²) in [6, 6.07) is 17.7. The molecule has 1 fully saturated rings. The van der Waals surface area contributed by atoms with E-state index in [0.29, 0.717) is 6.04 Å². The normalized spacial score (nSPS) is 19.6. The Balaban J connectivity index is 1.93. The highest BCUT2D eigenvalue weighted by Crippen LogP contribution is 2.30. The Bertz CT molecular complexity index is 539. The first-order valence-corrected chi connectivity index (χ1v) is 7.12. The summed E-state index contributed by atoms with van der Waals surface area (Å²) >= 11 is 0. The monoisotopic (exact) mass is 270 g/mol. The molecule has 2 aromatic carbocycles. The molecule has 0 radical (unpaired) electrons. The number of hydrogen-bond donors (Lipinski definition) is 1. The quantitative estimate of drug-likeness (QED) is 0.900. The van der Waals surface area contributed by atoms with Crippen molar-refractivity contribution < 1.29 is 4.39 Å². The Kier molecular flexibility index (Phi) is 3.97. The highest BCUT2D eigenvalue weighted by molar-refractivity contribution is 5.49. The Morgan fingerprint density at radius 2 is 1.70 bits per heavy atom. The van der Waals surface area contributed by atoms with Gasteiger partial charge in [-0.15, -0.1) is 0 Å². The lowest BCUT2D eigenvalue weighted by atomic mass is 10.0. The van der Waals surface area contributed by atoms with E-state index in [1.165, 1.54) is 11.3 Å². The van der Waals surface area contributed by atoms with Gasteiger partial charge in [-0.1, -0.05) is 30.3 Å². The summed E-state index contributed by atoms with van der Waals surface area (Å²) in [6.07, 6.45) is 1.03. The van der Waals surface area contributed by atoms with Gasteiger partial charge in [0.05, 0.1) is 6.04 Å². The molecule has 1 aliphatic heterocycles. The molecule has 3 heteroatoms. The molecule has 0 amide bonds. The van der Waals surface area contributed by atoms with Gasteiger partial charge in [0.25, 0.3) is 0 Å². The average Bonchev–Trinajstić information content (AvgIpc) is 2.75. The maximum absolute atomic E-state index is 13.1. The van der Waals surface area contributed by atoms with Crippen LogP contribution in [0.25, 0.3) is 0 Å². The summed E-state index contributed by atoms with van der Waals surface area (Å²) in [5, 5.41) is 3.44. The van der Waals surface area contributed by atoms with Gasteiger partial charge < -0.3 is 10.2 Å². The molecule has 0 bridgehead atoms. The fourth-order valence-electron chi connectivity index (χ4n) is 2.84. The van der Waals surface area contributed by atoms with Crippen LogP contribution in [-0.4, -0.2) is 19.6 Å². The van der Waals surface area contributed by atoms with Crippen molar-refractivity contribution >= 4 is 5.69 Å². The maximum atomic E-state index is 13.1. The van der Waals surface area contributed by atoms with Crippen LogP contribution in [0.4, 0.5) is 10.1 Å². The molecule has 1 heterocycles. The van der Waals surface area contributed by atoms with Gasteiger partial charge in [0, 0.05) is 18.8 Å². The number of para-hydroxylation sites is 1. The molecule has 1 aliphatic rings. The minimum absolute atomic E-state index is 0.174. The smallest absolute Gasteiger partial charge is 0.123 e. The van der Waals surface area contributed by atoms with Gasteiger partial charge in [0.1, 0.15) is 5.82 Å². The summed E-state index contributed by atoms with van der Waals surface area (Å²) in [5.41, 5.74) is 2.41. The molecule has 2 nitrogen and oxygen atoms in total. The highest BCUT2D eigenvalue weighted by atomic mass is 19.1. The van der Waals surface area contributed by atoms with Crippen LogP contribution >= 0.6 is 0 Å². The highest BCUT2D eigenvalue weighted by Gasteiger charge is 2.22. The molecule has 0 spiro atoms. The number of hydrogen-bond acceptors (Lipinski definition) is 2. The van der Waals surface area contributed by atoms with E-state index in [1.54, 1.807) is 12.1 Å². The predicted octanol–water partition coefficient (Wildman–Crippen LogP) is 3.37. The van der Waals surface area contributed by atoms with Crippen molar-refractivity contribution in [3.8, 4) is 0 Å². The zero-order valence-electron chi connectivity index (χ0n) is 11.4. The molecule has 3 rings (SSSR count). The van der Waals surface area contributed by atoms with Crippen molar-refractivity contribution in [3.05, 3.63) is 66.0 Å². The summed E-state index contributed by atoms with van der Waals surface area (Å²) in [6.45, 7) is 2.93. The van der Waals surface area contributed by atoms with Gasteiger partial charge in [0.15, 0.2) is 0 Å². The topological polar surface area (TPSA) is 15.3 Å². The zero-order valence-corrected chi connectivity index (χ0v) is 11.4. The van der Waals surface area contributed by atoms with Gasteiger partial charge in [-0.2, -0.15) is 0 Å². The SMILES string of the molecule is Fc1ccc(C2CCNCCN2c2ccccc2)cc1. The fourth-order valence-corrected chi connectivity index (χ4v) is 2.84. The number of benzene rings is 2. The van der Waals surface area contributed by atoms with Crippen molar-refractivity contribution in [3.63, 3.8) is 0 Å². The standard InChI is InChI=1S/C17H19FN2/c18-15-8-6-14(7-9-15)17-10-11-19-12-13-20(17)16-4-2-1-3-5-16/h1-9,17,19H,10-13H2. The molecule has 0 aliphatic carbocycles. The van der Waals surface area contributed by atoms with Gasteiger partial charge in [-0.05, 0) is 42.8 Å². The zero-order chi connectivity index (χ0) is 13.8. The Morgan fingerprint density at radius 1 is 0.950 bits per heavy atom. The van der Waals surface area contributed by atoms with Crippen molar-refractivity contribution in [2.24, 2.45) is 0 Å². The minimum Gasteiger partial charge on any atom is -0.363 e. The molecule has 104 valence electrons. The molecule has 1 saturated heterocycles. The van der Waals surface area contributed by atoms with Crippen LogP contribution in [-0.2, 0) is 0 Å². The fraction of sp³-hybridized carbons (Fsp3) is 0.294. The number of nitrogens with zero attached hydrogens (tertiary/aromatic N) is 1. The second-order valence-corrected chi connectivity index (χ2v) is 5.13.